The zero-order chi connectivity index (χ0) is 27.3. The number of nitrogens with zero attached hydrogens (tertiary/aromatic N) is 2. The summed E-state index contributed by atoms with van der Waals surface area (Å²) < 4.78 is 16.9. The van der Waals surface area contributed by atoms with Gasteiger partial charge in [-0.3, -0.25) is 4.79 Å². The molecule has 0 saturated carbocycles. The first kappa shape index (κ1) is 27.6. The van der Waals surface area contributed by atoms with Crippen molar-refractivity contribution in [2.24, 2.45) is 5.16 Å². The molecule has 7 nitrogen and oxygen atoms in total. The molecule has 0 saturated heterocycles. The minimum atomic E-state index is -0.163. The third-order valence-corrected chi connectivity index (χ3v) is 6.05. The smallest absolute Gasteiger partial charge is 0.305 e. The van der Waals surface area contributed by atoms with Gasteiger partial charge in [0.25, 0.3) is 0 Å². The van der Waals surface area contributed by atoms with Crippen LogP contribution in [0.5, 0.6) is 5.75 Å². The monoisotopic (exact) mass is 526 g/mol. The number of oxime groups is 1. The number of carbonyl (C=O) groups is 1. The Bertz CT molecular complexity index is 1350. The van der Waals surface area contributed by atoms with Gasteiger partial charge in [-0.2, -0.15) is 0 Å². The Labute approximate surface area is 229 Å². The second-order valence-electron chi connectivity index (χ2n) is 9.01. The summed E-state index contributed by atoms with van der Waals surface area (Å²) in [5.41, 5.74) is 4.48. The van der Waals surface area contributed by atoms with Crippen molar-refractivity contribution in [2.45, 2.75) is 52.7 Å². The third kappa shape index (κ3) is 8.57. The summed E-state index contributed by atoms with van der Waals surface area (Å²) in [4.78, 5) is 22.0. The van der Waals surface area contributed by atoms with Crippen molar-refractivity contribution in [2.75, 3.05) is 6.61 Å². The van der Waals surface area contributed by atoms with Gasteiger partial charge in [-0.15, -0.1) is 0 Å². The van der Waals surface area contributed by atoms with Gasteiger partial charge in [0.1, 0.15) is 30.4 Å². The van der Waals surface area contributed by atoms with Crippen LogP contribution in [-0.4, -0.2) is 23.3 Å². The lowest BCUT2D eigenvalue weighted by Crippen LogP contribution is -2.06. The number of oxazole rings is 1. The third-order valence-electron chi connectivity index (χ3n) is 6.05. The maximum Gasteiger partial charge on any atom is 0.305 e. The number of ether oxygens (including phenoxy) is 2. The number of benzene rings is 3. The topological polar surface area (TPSA) is 83.2 Å². The van der Waals surface area contributed by atoms with Crippen LogP contribution in [0.3, 0.4) is 0 Å². The summed E-state index contributed by atoms with van der Waals surface area (Å²) in [6.07, 6.45) is 2.66. The van der Waals surface area contributed by atoms with E-state index in [-0.39, 0.29) is 5.97 Å². The number of unbranched alkanes of at least 4 members (excludes halogenated alkanes) is 1. The van der Waals surface area contributed by atoms with E-state index in [1.54, 1.807) is 0 Å². The van der Waals surface area contributed by atoms with Crippen LogP contribution in [-0.2, 0) is 27.6 Å². The Morgan fingerprint density at radius 3 is 2.41 bits per heavy atom. The lowest BCUT2D eigenvalue weighted by molar-refractivity contribution is -0.143. The fraction of sp³-hybridized carbons (Fsp3) is 0.281. The van der Waals surface area contributed by atoms with Gasteiger partial charge in [0.05, 0.1) is 12.3 Å². The Kier molecular flexibility index (Phi) is 10.3. The number of hydrogen-bond acceptors (Lipinski definition) is 7. The number of esters is 1. The number of hydrogen-bond donors (Lipinski definition) is 0. The summed E-state index contributed by atoms with van der Waals surface area (Å²) in [5.74, 6) is 1.87. The van der Waals surface area contributed by atoms with Gasteiger partial charge in [-0.05, 0) is 68.5 Å². The van der Waals surface area contributed by atoms with Gasteiger partial charge in [0, 0.05) is 12.0 Å². The Morgan fingerprint density at radius 1 is 0.897 bits per heavy atom. The van der Waals surface area contributed by atoms with Crippen LogP contribution < -0.4 is 4.74 Å². The zero-order valence-electron chi connectivity index (χ0n) is 22.5. The summed E-state index contributed by atoms with van der Waals surface area (Å²) in [6, 6.07) is 27.5. The molecule has 202 valence electrons. The second kappa shape index (κ2) is 14.5. The van der Waals surface area contributed by atoms with Gasteiger partial charge in [0.2, 0.25) is 5.89 Å². The molecule has 0 aliphatic rings. The van der Waals surface area contributed by atoms with Crippen LogP contribution in [0.1, 0.15) is 55.2 Å². The van der Waals surface area contributed by atoms with Crippen molar-refractivity contribution >= 4 is 11.7 Å². The molecule has 1 aromatic heterocycles. The van der Waals surface area contributed by atoms with Crippen LogP contribution >= 0.6 is 0 Å². The van der Waals surface area contributed by atoms with E-state index in [0.29, 0.717) is 44.3 Å². The molecule has 0 unspecified atom stereocenters. The summed E-state index contributed by atoms with van der Waals surface area (Å²) in [7, 11) is 0. The van der Waals surface area contributed by atoms with Crippen molar-refractivity contribution in [1.29, 1.82) is 0 Å². The van der Waals surface area contributed by atoms with E-state index in [1.165, 1.54) is 0 Å². The van der Waals surface area contributed by atoms with Crippen molar-refractivity contribution in [3.8, 4) is 17.2 Å². The number of aryl methyl sites for hydroxylation is 1. The van der Waals surface area contributed by atoms with Gasteiger partial charge in [0.15, 0.2) is 0 Å². The average Bonchev–Trinajstić information content (AvgIpc) is 3.35. The van der Waals surface area contributed by atoms with Gasteiger partial charge < -0.3 is 18.7 Å². The first-order chi connectivity index (χ1) is 19.1. The van der Waals surface area contributed by atoms with Crippen molar-refractivity contribution in [3.05, 3.63) is 108 Å². The van der Waals surface area contributed by atoms with E-state index in [9.17, 15) is 4.79 Å². The zero-order valence-corrected chi connectivity index (χ0v) is 22.5. The highest BCUT2D eigenvalue weighted by atomic mass is 16.6. The largest absolute Gasteiger partial charge is 0.487 e. The highest BCUT2D eigenvalue weighted by Crippen LogP contribution is 2.23. The van der Waals surface area contributed by atoms with Gasteiger partial charge >= 0.3 is 5.97 Å². The van der Waals surface area contributed by atoms with E-state index >= 15 is 0 Å². The minimum absolute atomic E-state index is 0.163. The maximum atomic E-state index is 11.6. The van der Waals surface area contributed by atoms with Gasteiger partial charge in [-0.1, -0.05) is 65.8 Å². The molecular weight excluding hydrogens is 492 g/mol. The molecule has 1 heterocycles. The predicted molar refractivity (Wildman–Crippen MR) is 150 cm³/mol. The standard InChI is InChI=1S/C32H34N2O5/c1-3-36-31(35)20-11-10-19-29(26-14-6-4-7-15-26)34-38-22-25-13-12-18-28(21-25)37-23-30-24(2)39-32(33-30)27-16-8-5-9-17-27/h4-9,12-18,21H,3,10-11,19-20,22-23H2,1-2H3/b34-29-. The van der Waals surface area contributed by atoms with Crippen LogP contribution in [0.25, 0.3) is 11.5 Å². The van der Waals surface area contributed by atoms with Crippen molar-refractivity contribution < 1.29 is 23.5 Å². The molecule has 4 aromatic rings. The fourth-order valence-corrected chi connectivity index (χ4v) is 4.00. The normalized spacial score (nSPS) is 11.3. The Morgan fingerprint density at radius 2 is 1.64 bits per heavy atom. The van der Waals surface area contributed by atoms with E-state index in [2.05, 4.69) is 10.1 Å². The molecule has 39 heavy (non-hydrogen) atoms. The Balaban J connectivity index is 1.33. The molecule has 0 spiro atoms. The second-order valence-corrected chi connectivity index (χ2v) is 9.01. The van der Waals surface area contributed by atoms with Crippen LogP contribution in [0.4, 0.5) is 0 Å². The molecular formula is C32H34N2O5. The molecule has 0 bridgehead atoms. The lowest BCUT2D eigenvalue weighted by Gasteiger charge is -2.09. The Hall–Kier alpha value is -4.39. The molecule has 3 aromatic carbocycles. The molecule has 7 heteroatoms. The van der Waals surface area contributed by atoms with Crippen LogP contribution in [0.2, 0.25) is 0 Å². The van der Waals surface area contributed by atoms with Crippen LogP contribution in [0.15, 0.2) is 94.5 Å². The average molecular weight is 527 g/mol. The summed E-state index contributed by atoms with van der Waals surface area (Å²) in [6.45, 7) is 4.72. The van der Waals surface area contributed by atoms with Crippen molar-refractivity contribution in [3.63, 3.8) is 0 Å². The first-order valence-electron chi connectivity index (χ1n) is 13.3. The van der Waals surface area contributed by atoms with E-state index < -0.39 is 0 Å². The van der Waals surface area contributed by atoms with Gasteiger partial charge in [-0.25, -0.2) is 4.98 Å². The van der Waals surface area contributed by atoms with E-state index in [4.69, 9.17) is 18.7 Å². The number of carbonyl (C=O) groups excluding carboxylic acids is 1. The number of rotatable bonds is 14. The summed E-state index contributed by atoms with van der Waals surface area (Å²) >= 11 is 0. The molecule has 4 rings (SSSR count). The number of aromatic nitrogens is 1. The molecule has 0 amide bonds. The fourth-order valence-electron chi connectivity index (χ4n) is 4.00. The molecule has 0 fully saturated rings. The lowest BCUT2D eigenvalue weighted by atomic mass is 10.0. The first-order valence-corrected chi connectivity index (χ1v) is 13.3. The highest BCUT2D eigenvalue weighted by molar-refractivity contribution is 6.00. The SMILES string of the molecule is CCOC(=O)CCCC/C(=N/OCc1cccc(OCc2nc(-c3ccccc3)oc2C)c1)c1ccccc1. The van der Waals surface area contributed by atoms with Crippen LogP contribution in [0, 0.1) is 6.92 Å². The quantitative estimate of drug-likeness (QED) is 0.0743. The predicted octanol–water partition coefficient (Wildman–Crippen LogP) is 7.27. The molecule has 0 aliphatic carbocycles. The van der Waals surface area contributed by atoms with E-state index in [1.807, 2.05) is 98.8 Å². The molecule has 0 aliphatic heterocycles. The summed E-state index contributed by atoms with van der Waals surface area (Å²) in [5, 5.41) is 4.45. The molecule has 0 N–H and O–H groups in total. The van der Waals surface area contributed by atoms with Crippen molar-refractivity contribution in [1.82, 2.24) is 4.98 Å². The highest BCUT2D eigenvalue weighted by Gasteiger charge is 2.12. The van der Waals surface area contributed by atoms with E-state index in [0.717, 1.165) is 46.7 Å². The molecule has 0 radical (unpaired) electrons. The molecule has 0 atom stereocenters. The minimum Gasteiger partial charge on any atom is -0.487 e. The maximum absolute atomic E-state index is 11.6.